The molecule has 0 fully saturated rings. The Morgan fingerprint density at radius 1 is 0.935 bits per heavy atom. The van der Waals surface area contributed by atoms with Crippen molar-refractivity contribution in [1.29, 1.82) is 0 Å². The lowest BCUT2D eigenvalue weighted by atomic mass is 10.4. The maximum absolute atomic E-state index is 11.7. The van der Waals surface area contributed by atoms with Crippen molar-refractivity contribution < 1.29 is 22.8 Å². The number of halogens is 6. The van der Waals surface area contributed by atoms with Gasteiger partial charge in [0.1, 0.15) is 0 Å². The van der Waals surface area contributed by atoms with Gasteiger partial charge in [-0.05, 0) is 91.1 Å². The minimum absolute atomic E-state index is 0. The molecular formula is C19H21Br3F3NO2S3. The van der Waals surface area contributed by atoms with E-state index in [1.807, 2.05) is 6.07 Å². The molecule has 31 heavy (non-hydrogen) atoms. The minimum atomic E-state index is -4.81. The van der Waals surface area contributed by atoms with Crippen molar-refractivity contribution in [3.8, 4) is 0 Å². The molecule has 12 heteroatoms. The minimum Gasteiger partial charge on any atom is -0.343 e. The van der Waals surface area contributed by atoms with E-state index < -0.39 is 12.1 Å². The largest absolute Gasteiger partial charge is 0.471 e. The maximum atomic E-state index is 11.7. The normalized spacial score (nSPS) is 9.65. The molecule has 3 nitrogen and oxygen atoms in total. The van der Waals surface area contributed by atoms with Gasteiger partial charge in [0.15, 0.2) is 6.29 Å². The number of alkyl halides is 3. The molecule has 0 bridgehead atoms. The van der Waals surface area contributed by atoms with Gasteiger partial charge in [0, 0.05) is 9.75 Å². The van der Waals surface area contributed by atoms with Crippen LogP contribution in [0.15, 0.2) is 47.8 Å². The summed E-state index contributed by atoms with van der Waals surface area (Å²) in [6, 6.07) is 11.1. The van der Waals surface area contributed by atoms with Gasteiger partial charge in [0.05, 0.1) is 22.8 Å². The second kappa shape index (κ2) is 16.1. The fraction of sp³-hybridized carbons (Fsp3) is 0.263. The lowest BCUT2D eigenvalue weighted by molar-refractivity contribution is -0.173. The zero-order chi connectivity index (χ0) is 22.0. The zero-order valence-electron chi connectivity index (χ0n) is 14.6. The molecule has 0 atom stereocenters. The first-order chi connectivity index (χ1) is 13.5. The summed E-state index contributed by atoms with van der Waals surface area (Å²) in [4.78, 5) is 23.2. The lowest BCUT2D eigenvalue weighted by Crippen LogP contribution is -2.36. The molecule has 0 aliphatic carbocycles. The topological polar surface area (TPSA) is 46.2 Å². The van der Waals surface area contributed by atoms with E-state index in [1.54, 1.807) is 34.9 Å². The first kappa shape index (κ1) is 32.6. The van der Waals surface area contributed by atoms with Crippen LogP contribution in [0, 0.1) is 6.92 Å². The molecule has 0 saturated carbocycles. The smallest absolute Gasteiger partial charge is 0.343 e. The summed E-state index contributed by atoms with van der Waals surface area (Å²) in [5, 5.41) is 1.78. The number of hydrogen-bond donors (Lipinski definition) is 1. The van der Waals surface area contributed by atoms with Crippen molar-refractivity contribution in [3.63, 3.8) is 0 Å². The van der Waals surface area contributed by atoms with E-state index in [9.17, 15) is 22.8 Å². The van der Waals surface area contributed by atoms with Crippen LogP contribution in [0.4, 0.5) is 13.2 Å². The van der Waals surface area contributed by atoms with Crippen LogP contribution in [0.2, 0.25) is 0 Å². The number of carbonyl (C=O) groups is 2. The Kier molecular flexibility index (Phi) is 17.0. The Morgan fingerprint density at radius 2 is 1.45 bits per heavy atom. The van der Waals surface area contributed by atoms with Gasteiger partial charge in [0.25, 0.3) is 0 Å². The highest BCUT2D eigenvalue weighted by molar-refractivity contribution is 9.11. The highest BCUT2D eigenvalue weighted by Crippen LogP contribution is 2.23. The summed E-state index contributed by atoms with van der Waals surface area (Å²) in [7, 11) is 0. The van der Waals surface area contributed by atoms with Crippen LogP contribution in [-0.4, -0.2) is 18.4 Å². The monoisotopic (exact) mass is 685 g/mol. The van der Waals surface area contributed by atoms with Gasteiger partial charge < -0.3 is 5.32 Å². The Labute approximate surface area is 217 Å². The number of nitrogens with one attached hydrogen (secondary N) is 1. The predicted octanol–water partition coefficient (Wildman–Crippen LogP) is 9.10. The third-order valence-electron chi connectivity index (χ3n) is 2.73. The van der Waals surface area contributed by atoms with Gasteiger partial charge in [-0.25, -0.2) is 0 Å². The molecule has 174 valence electrons. The van der Waals surface area contributed by atoms with E-state index in [0.29, 0.717) is 4.88 Å². The molecule has 3 rings (SSSR count). The summed E-state index contributed by atoms with van der Waals surface area (Å²) in [5.41, 5.74) is 0. The standard InChI is InChI=1S/C7H5BrF3NOS.C5H3BrOS.C5H5BrS.2CH4/c8-5-2-1-4(14-5)3-12-6(13)7(9,10)11;6-5-2-1-4(3-7)8-5;1-4-2-3-5(6)7-4;;/h1-2H,3H2,(H,12,13);1-3H;2-3H,1H3;2*1H4. The van der Waals surface area contributed by atoms with Crippen LogP contribution >= 0.6 is 81.8 Å². The number of rotatable bonds is 3. The zero-order valence-corrected chi connectivity index (χ0v) is 21.8. The fourth-order valence-electron chi connectivity index (χ4n) is 1.51. The Hall–Kier alpha value is -0.530. The van der Waals surface area contributed by atoms with E-state index in [1.165, 1.54) is 31.3 Å². The fourth-order valence-corrected chi connectivity index (χ4v) is 5.65. The number of aldehydes is 1. The number of thiophene rings is 3. The summed E-state index contributed by atoms with van der Waals surface area (Å²) in [5.74, 6) is -1.91. The predicted molar refractivity (Wildman–Crippen MR) is 138 cm³/mol. The van der Waals surface area contributed by atoms with Crippen LogP contribution in [0.3, 0.4) is 0 Å². The van der Waals surface area contributed by atoms with Gasteiger partial charge in [0.2, 0.25) is 0 Å². The molecule has 0 aliphatic rings. The highest BCUT2D eigenvalue weighted by Gasteiger charge is 2.38. The third-order valence-corrected chi connectivity index (χ3v) is 7.44. The van der Waals surface area contributed by atoms with Crippen molar-refractivity contribution in [2.75, 3.05) is 0 Å². The molecule has 0 aromatic carbocycles. The maximum Gasteiger partial charge on any atom is 0.471 e. The van der Waals surface area contributed by atoms with E-state index in [-0.39, 0.29) is 21.4 Å². The number of amides is 1. The number of carbonyl (C=O) groups excluding carboxylic acids is 2. The van der Waals surface area contributed by atoms with E-state index in [0.717, 1.165) is 18.7 Å². The van der Waals surface area contributed by atoms with Gasteiger partial charge >= 0.3 is 12.1 Å². The van der Waals surface area contributed by atoms with Crippen molar-refractivity contribution in [3.05, 3.63) is 62.4 Å². The summed E-state index contributed by atoms with van der Waals surface area (Å²) in [6.45, 7) is 1.99. The summed E-state index contributed by atoms with van der Waals surface area (Å²) < 4.78 is 38.2. The van der Waals surface area contributed by atoms with E-state index in [4.69, 9.17) is 0 Å². The molecule has 0 unspecified atom stereocenters. The number of hydrogen-bond acceptors (Lipinski definition) is 5. The first-order valence-electron chi connectivity index (χ1n) is 7.53. The molecule has 0 saturated heterocycles. The van der Waals surface area contributed by atoms with Crippen LogP contribution < -0.4 is 5.32 Å². The van der Waals surface area contributed by atoms with Crippen molar-refractivity contribution in [1.82, 2.24) is 5.32 Å². The van der Waals surface area contributed by atoms with Gasteiger partial charge in [-0.3, -0.25) is 9.59 Å². The molecular weight excluding hydrogens is 667 g/mol. The quantitative estimate of drug-likeness (QED) is 0.279. The van der Waals surface area contributed by atoms with E-state index in [2.05, 4.69) is 66.8 Å². The summed E-state index contributed by atoms with van der Waals surface area (Å²) in [6.07, 6.45) is -3.97. The van der Waals surface area contributed by atoms with Gasteiger partial charge in [-0.2, -0.15) is 13.2 Å². The Bertz CT molecular complexity index is 907. The van der Waals surface area contributed by atoms with Crippen LogP contribution in [0.1, 0.15) is 34.3 Å². The van der Waals surface area contributed by atoms with Crippen LogP contribution in [0.5, 0.6) is 0 Å². The average molecular weight is 688 g/mol. The second-order valence-electron chi connectivity index (χ2n) is 5.00. The number of aryl methyl sites for hydroxylation is 1. The molecule has 3 aromatic heterocycles. The molecule has 1 amide bonds. The Balaban J connectivity index is 0. The molecule has 0 aliphatic heterocycles. The molecule has 3 aromatic rings. The Morgan fingerprint density at radius 3 is 1.74 bits per heavy atom. The van der Waals surface area contributed by atoms with Crippen LogP contribution in [0.25, 0.3) is 0 Å². The SMILES string of the molecule is C.C.Cc1ccc(Br)s1.O=C(NCc1ccc(Br)s1)C(F)(F)F.O=Cc1ccc(Br)s1. The first-order valence-corrected chi connectivity index (χ1v) is 12.4. The van der Waals surface area contributed by atoms with Gasteiger partial charge in [-0.1, -0.05) is 14.9 Å². The molecule has 3 heterocycles. The summed E-state index contributed by atoms with van der Waals surface area (Å²) >= 11 is 14.2. The lowest BCUT2D eigenvalue weighted by Gasteiger charge is -2.05. The molecule has 1 N–H and O–H groups in total. The van der Waals surface area contributed by atoms with Crippen molar-refractivity contribution in [2.45, 2.75) is 34.5 Å². The van der Waals surface area contributed by atoms with Gasteiger partial charge in [-0.15, -0.1) is 34.0 Å². The van der Waals surface area contributed by atoms with Crippen molar-refractivity contribution in [2.24, 2.45) is 0 Å². The van der Waals surface area contributed by atoms with Crippen LogP contribution in [-0.2, 0) is 11.3 Å². The van der Waals surface area contributed by atoms with E-state index >= 15 is 0 Å². The molecule has 0 spiro atoms. The third kappa shape index (κ3) is 14.3. The molecule has 0 radical (unpaired) electrons. The van der Waals surface area contributed by atoms with Crippen molar-refractivity contribution >= 4 is 94.0 Å². The average Bonchev–Trinajstić information content (AvgIpc) is 3.35. The highest BCUT2D eigenvalue weighted by atomic mass is 79.9. The second-order valence-corrected chi connectivity index (χ2v) is 12.7.